The Morgan fingerprint density at radius 3 is 2.57 bits per heavy atom. The molecule has 0 saturated heterocycles. The Morgan fingerprint density at radius 1 is 1.10 bits per heavy atom. The zero-order valence-corrected chi connectivity index (χ0v) is 13.2. The fourth-order valence-electron chi connectivity index (χ4n) is 2.54. The number of hydrogen-bond acceptors (Lipinski definition) is 3. The largest absolute Gasteiger partial charge is 0.497 e. The number of methoxy groups -OCH3 is 1. The molecule has 1 aliphatic heterocycles. The van der Waals surface area contributed by atoms with Gasteiger partial charge < -0.3 is 4.74 Å². The summed E-state index contributed by atoms with van der Waals surface area (Å²) >= 11 is 1.87. The van der Waals surface area contributed by atoms with Crippen LogP contribution in [0.2, 0.25) is 0 Å². The average molecular weight is 297 g/mol. The van der Waals surface area contributed by atoms with Crippen LogP contribution in [0.3, 0.4) is 0 Å². The highest BCUT2D eigenvalue weighted by Crippen LogP contribution is 2.44. The zero-order chi connectivity index (χ0) is 14.7. The van der Waals surface area contributed by atoms with Crippen LogP contribution >= 0.6 is 11.8 Å². The summed E-state index contributed by atoms with van der Waals surface area (Å²) in [5, 5.41) is 1.61. The van der Waals surface area contributed by atoms with Crippen LogP contribution in [-0.4, -0.2) is 12.2 Å². The predicted molar refractivity (Wildman–Crippen MR) is 90.9 cm³/mol. The van der Waals surface area contributed by atoms with E-state index in [1.54, 1.807) is 7.11 Å². The molecule has 0 amide bonds. The summed E-state index contributed by atoms with van der Waals surface area (Å²) in [6.45, 7) is 2.24. The van der Waals surface area contributed by atoms with Gasteiger partial charge in [0.05, 0.1) is 12.8 Å². The van der Waals surface area contributed by atoms with Gasteiger partial charge in [-0.15, -0.1) is 0 Å². The van der Waals surface area contributed by atoms with E-state index in [-0.39, 0.29) is 0 Å². The highest BCUT2D eigenvalue weighted by molar-refractivity contribution is 8.14. The van der Waals surface area contributed by atoms with Crippen molar-refractivity contribution >= 4 is 22.5 Å². The molecule has 108 valence electrons. The van der Waals surface area contributed by atoms with Gasteiger partial charge in [0.25, 0.3) is 0 Å². The van der Waals surface area contributed by atoms with Gasteiger partial charge in [-0.1, -0.05) is 43.3 Å². The Labute approximate surface area is 130 Å². The molecule has 1 heterocycles. The van der Waals surface area contributed by atoms with Gasteiger partial charge in [0.15, 0.2) is 0 Å². The van der Waals surface area contributed by atoms with Gasteiger partial charge >= 0.3 is 0 Å². The molecule has 3 heteroatoms. The SMILES string of the molecule is CCCC1SC(c2ccc(OC)cc2)=Nc2ccccc21. The summed E-state index contributed by atoms with van der Waals surface area (Å²) in [6, 6.07) is 16.6. The van der Waals surface area contributed by atoms with Crippen LogP contribution in [0.5, 0.6) is 5.75 Å². The van der Waals surface area contributed by atoms with Crippen molar-refractivity contribution in [2.75, 3.05) is 7.11 Å². The number of rotatable bonds is 4. The fourth-order valence-corrected chi connectivity index (χ4v) is 3.91. The van der Waals surface area contributed by atoms with Crippen LogP contribution in [0.4, 0.5) is 5.69 Å². The predicted octanol–water partition coefficient (Wildman–Crippen LogP) is 5.36. The Kier molecular flexibility index (Phi) is 4.30. The van der Waals surface area contributed by atoms with E-state index in [1.165, 1.54) is 18.4 Å². The Morgan fingerprint density at radius 2 is 1.86 bits per heavy atom. The molecule has 0 saturated carbocycles. The summed E-state index contributed by atoms with van der Waals surface area (Å²) in [7, 11) is 1.69. The lowest BCUT2D eigenvalue weighted by Gasteiger charge is -2.24. The second-order valence-corrected chi connectivity index (χ2v) is 6.29. The van der Waals surface area contributed by atoms with Crippen molar-refractivity contribution in [3.8, 4) is 5.75 Å². The topological polar surface area (TPSA) is 21.6 Å². The van der Waals surface area contributed by atoms with Crippen LogP contribution in [0.15, 0.2) is 53.5 Å². The second kappa shape index (κ2) is 6.35. The van der Waals surface area contributed by atoms with Gasteiger partial charge in [0, 0.05) is 10.8 Å². The molecule has 0 fully saturated rings. The third kappa shape index (κ3) is 2.98. The first-order chi connectivity index (χ1) is 10.3. The third-order valence-corrected chi connectivity index (χ3v) is 4.97. The van der Waals surface area contributed by atoms with Gasteiger partial charge in [-0.3, -0.25) is 0 Å². The average Bonchev–Trinajstić information content (AvgIpc) is 2.55. The van der Waals surface area contributed by atoms with Gasteiger partial charge in [-0.25, -0.2) is 4.99 Å². The molecule has 2 nitrogen and oxygen atoms in total. The highest BCUT2D eigenvalue weighted by Gasteiger charge is 2.23. The molecular formula is C18H19NOS. The lowest BCUT2D eigenvalue weighted by molar-refractivity contribution is 0.415. The van der Waals surface area contributed by atoms with E-state index in [4.69, 9.17) is 9.73 Å². The number of ether oxygens (including phenoxy) is 1. The summed E-state index contributed by atoms with van der Waals surface area (Å²) in [6.07, 6.45) is 2.36. The molecule has 0 aliphatic carbocycles. The van der Waals surface area contributed by atoms with Crippen LogP contribution in [0.1, 0.15) is 36.1 Å². The van der Waals surface area contributed by atoms with E-state index >= 15 is 0 Å². The van der Waals surface area contributed by atoms with Crippen LogP contribution in [0, 0.1) is 0 Å². The minimum atomic E-state index is 0.501. The second-order valence-electron chi connectivity index (χ2n) is 5.10. The maximum Gasteiger partial charge on any atom is 0.118 e. The molecule has 1 unspecified atom stereocenters. The van der Waals surface area contributed by atoms with Crippen molar-refractivity contribution in [2.45, 2.75) is 25.0 Å². The molecular weight excluding hydrogens is 278 g/mol. The van der Waals surface area contributed by atoms with E-state index < -0.39 is 0 Å². The smallest absolute Gasteiger partial charge is 0.118 e. The standard InChI is InChI=1S/C18H19NOS/c1-3-6-17-15-7-4-5-8-16(15)19-18(21-17)13-9-11-14(20-2)12-10-13/h4-5,7-12,17H,3,6H2,1-2H3. The number of fused-ring (bicyclic) bond motifs is 1. The maximum atomic E-state index is 5.23. The minimum Gasteiger partial charge on any atom is -0.497 e. The molecule has 1 aliphatic rings. The lowest BCUT2D eigenvalue weighted by Crippen LogP contribution is -2.07. The number of thioether (sulfide) groups is 1. The van der Waals surface area contributed by atoms with Crippen molar-refractivity contribution in [3.05, 3.63) is 59.7 Å². The number of hydrogen-bond donors (Lipinski definition) is 0. The van der Waals surface area contributed by atoms with E-state index in [0.717, 1.165) is 22.0 Å². The highest BCUT2D eigenvalue weighted by atomic mass is 32.2. The summed E-state index contributed by atoms with van der Waals surface area (Å²) < 4.78 is 5.23. The quantitative estimate of drug-likeness (QED) is 0.757. The molecule has 1 atom stereocenters. The number of nitrogens with zero attached hydrogens (tertiary/aromatic N) is 1. The zero-order valence-electron chi connectivity index (χ0n) is 12.4. The molecule has 3 rings (SSSR count). The van der Waals surface area contributed by atoms with Crippen molar-refractivity contribution in [1.82, 2.24) is 0 Å². The van der Waals surface area contributed by atoms with Crippen LogP contribution in [-0.2, 0) is 0 Å². The van der Waals surface area contributed by atoms with E-state index in [9.17, 15) is 0 Å². The third-order valence-electron chi connectivity index (χ3n) is 3.65. The van der Waals surface area contributed by atoms with Crippen molar-refractivity contribution in [2.24, 2.45) is 4.99 Å². The van der Waals surface area contributed by atoms with Gasteiger partial charge in [-0.2, -0.15) is 0 Å². The minimum absolute atomic E-state index is 0.501. The number of aliphatic imine (C=N–C) groups is 1. The van der Waals surface area contributed by atoms with Crippen LogP contribution < -0.4 is 4.74 Å². The molecule has 2 aromatic carbocycles. The van der Waals surface area contributed by atoms with E-state index in [1.807, 2.05) is 23.9 Å². The molecule has 21 heavy (non-hydrogen) atoms. The fraction of sp³-hybridized carbons (Fsp3) is 0.278. The monoisotopic (exact) mass is 297 g/mol. The van der Waals surface area contributed by atoms with Gasteiger partial charge in [-0.05, 0) is 42.3 Å². The first-order valence-corrected chi connectivity index (χ1v) is 8.18. The van der Waals surface area contributed by atoms with Crippen molar-refractivity contribution < 1.29 is 4.74 Å². The molecule has 2 aromatic rings. The Hall–Kier alpha value is -1.74. The first-order valence-electron chi connectivity index (χ1n) is 7.30. The van der Waals surface area contributed by atoms with Gasteiger partial charge in [0.2, 0.25) is 0 Å². The molecule has 0 bridgehead atoms. The van der Waals surface area contributed by atoms with Gasteiger partial charge in [0.1, 0.15) is 10.8 Å². The maximum absolute atomic E-state index is 5.23. The molecule has 0 aromatic heterocycles. The summed E-state index contributed by atoms with van der Waals surface area (Å²) in [5.74, 6) is 0.880. The molecule has 0 radical (unpaired) electrons. The van der Waals surface area contributed by atoms with Crippen LogP contribution in [0.25, 0.3) is 0 Å². The van der Waals surface area contributed by atoms with Crippen molar-refractivity contribution in [3.63, 3.8) is 0 Å². The number of para-hydroxylation sites is 1. The van der Waals surface area contributed by atoms with E-state index in [2.05, 4.69) is 43.3 Å². The summed E-state index contributed by atoms with van der Waals surface area (Å²) in [4.78, 5) is 4.84. The molecule has 0 N–H and O–H groups in total. The lowest BCUT2D eigenvalue weighted by atomic mass is 10.1. The number of benzene rings is 2. The van der Waals surface area contributed by atoms with Crippen molar-refractivity contribution in [1.29, 1.82) is 0 Å². The summed E-state index contributed by atoms with van der Waals surface area (Å²) in [5.41, 5.74) is 3.64. The van der Waals surface area contributed by atoms with E-state index in [0.29, 0.717) is 5.25 Å². The first kappa shape index (κ1) is 14.2. The Bertz CT molecular complexity index is 649. The Balaban J connectivity index is 1.97. The normalized spacial score (nSPS) is 17.0. The molecule has 0 spiro atoms.